The van der Waals surface area contributed by atoms with Crippen molar-refractivity contribution >= 4 is 27.5 Å². The van der Waals surface area contributed by atoms with E-state index in [0.29, 0.717) is 11.3 Å². The normalized spacial score (nSPS) is 11.8. The average molecular weight is 350 g/mol. The second-order valence-corrected chi connectivity index (χ2v) is 5.44. The maximum Gasteiger partial charge on any atom is 0.265 e. The van der Waals surface area contributed by atoms with E-state index >= 15 is 0 Å². The second kappa shape index (κ2) is 7.24. The van der Waals surface area contributed by atoms with E-state index in [0.717, 1.165) is 10.2 Å². The van der Waals surface area contributed by atoms with Crippen LogP contribution in [0.2, 0.25) is 0 Å². The molecule has 2 rings (SSSR count). The largest absolute Gasteiger partial charge is 0.481 e. The summed E-state index contributed by atoms with van der Waals surface area (Å²) in [6, 6.07) is 14.5. The third-order valence-corrected chi connectivity index (χ3v) is 3.40. The minimum atomic E-state index is -0.670. The molecule has 2 aromatic carbocycles. The molecule has 0 aromatic heterocycles. The summed E-state index contributed by atoms with van der Waals surface area (Å²) in [5, 5.41) is 12.1. The summed E-state index contributed by atoms with van der Waals surface area (Å²) in [4.78, 5) is 12.1. The molecule has 21 heavy (non-hydrogen) atoms. The van der Waals surface area contributed by atoms with Crippen LogP contribution in [-0.2, 0) is 11.4 Å². The van der Waals surface area contributed by atoms with Crippen LogP contribution < -0.4 is 10.1 Å². The quantitative estimate of drug-likeness (QED) is 0.870. The molecule has 1 amide bonds. The van der Waals surface area contributed by atoms with E-state index in [1.54, 1.807) is 25.1 Å². The molecule has 0 radical (unpaired) electrons. The lowest BCUT2D eigenvalue weighted by molar-refractivity contribution is -0.122. The molecule has 0 fully saturated rings. The van der Waals surface area contributed by atoms with Gasteiger partial charge in [0.1, 0.15) is 5.75 Å². The zero-order valence-corrected chi connectivity index (χ0v) is 13.1. The number of benzene rings is 2. The number of aliphatic hydroxyl groups is 1. The van der Waals surface area contributed by atoms with Crippen LogP contribution in [0.1, 0.15) is 12.5 Å². The molecule has 0 aliphatic heterocycles. The highest BCUT2D eigenvalue weighted by Crippen LogP contribution is 2.24. The monoisotopic (exact) mass is 349 g/mol. The fraction of sp³-hybridized carbons (Fsp3) is 0.188. The summed E-state index contributed by atoms with van der Waals surface area (Å²) in [5.41, 5.74) is 1.35. The van der Waals surface area contributed by atoms with E-state index in [1.807, 2.05) is 30.3 Å². The van der Waals surface area contributed by atoms with Crippen molar-refractivity contribution in [1.82, 2.24) is 0 Å². The molecule has 0 bridgehead atoms. The van der Waals surface area contributed by atoms with Gasteiger partial charge in [0.15, 0.2) is 6.10 Å². The number of carbonyl (C=O) groups excluding carboxylic acids is 1. The van der Waals surface area contributed by atoms with Crippen LogP contribution in [0.5, 0.6) is 5.75 Å². The van der Waals surface area contributed by atoms with E-state index in [-0.39, 0.29) is 12.5 Å². The van der Waals surface area contributed by atoms with Crippen LogP contribution in [0.4, 0.5) is 5.69 Å². The molecule has 1 atom stereocenters. The Bertz CT molecular complexity index is 616. The molecule has 1 unspecified atom stereocenters. The van der Waals surface area contributed by atoms with Gasteiger partial charge in [-0.05, 0) is 37.3 Å². The Morgan fingerprint density at radius 3 is 2.67 bits per heavy atom. The Labute approximate surface area is 131 Å². The number of hydrogen-bond acceptors (Lipinski definition) is 3. The van der Waals surface area contributed by atoms with Crippen molar-refractivity contribution in [3.05, 3.63) is 58.6 Å². The number of aliphatic hydroxyl groups excluding tert-OH is 1. The first-order valence-corrected chi connectivity index (χ1v) is 7.31. The number of anilines is 1. The van der Waals surface area contributed by atoms with Gasteiger partial charge >= 0.3 is 0 Å². The van der Waals surface area contributed by atoms with E-state index < -0.39 is 6.10 Å². The zero-order chi connectivity index (χ0) is 15.2. The van der Waals surface area contributed by atoms with Gasteiger partial charge in [-0.2, -0.15) is 0 Å². The fourth-order valence-electron chi connectivity index (χ4n) is 1.80. The summed E-state index contributed by atoms with van der Waals surface area (Å²) in [6.07, 6.45) is -0.670. The molecule has 0 aliphatic carbocycles. The molecule has 0 aliphatic rings. The molecule has 0 heterocycles. The SMILES string of the molecule is CC(Oc1ccc(Br)cc1CO)C(=O)Nc1ccccc1. The number of hydrogen-bond donors (Lipinski definition) is 2. The molecule has 5 heteroatoms. The van der Waals surface area contributed by atoms with Crippen molar-refractivity contribution in [1.29, 1.82) is 0 Å². The molecule has 0 saturated carbocycles. The molecule has 0 spiro atoms. The van der Waals surface area contributed by atoms with Crippen LogP contribution >= 0.6 is 15.9 Å². The molecule has 2 N–H and O–H groups in total. The molecule has 110 valence electrons. The van der Waals surface area contributed by atoms with Gasteiger partial charge in [0.05, 0.1) is 6.61 Å². The minimum Gasteiger partial charge on any atom is -0.481 e. The average Bonchev–Trinajstić information content (AvgIpc) is 2.49. The first kappa shape index (κ1) is 15.5. The smallest absolute Gasteiger partial charge is 0.265 e. The van der Waals surface area contributed by atoms with Crippen molar-refractivity contribution < 1.29 is 14.6 Å². The van der Waals surface area contributed by atoms with E-state index in [1.165, 1.54) is 0 Å². The number of para-hydroxylation sites is 1. The molecule has 0 saturated heterocycles. The first-order chi connectivity index (χ1) is 10.1. The fourth-order valence-corrected chi connectivity index (χ4v) is 2.20. The Morgan fingerprint density at radius 1 is 1.29 bits per heavy atom. The van der Waals surface area contributed by atoms with Gasteiger partial charge in [0.2, 0.25) is 0 Å². The Kier molecular flexibility index (Phi) is 5.36. The Balaban J connectivity index is 2.04. The maximum absolute atomic E-state index is 12.1. The highest BCUT2D eigenvalue weighted by Gasteiger charge is 2.16. The topological polar surface area (TPSA) is 58.6 Å². The zero-order valence-electron chi connectivity index (χ0n) is 11.5. The van der Waals surface area contributed by atoms with Gasteiger partial charge in [-0.3, -0.25) is 4.79 Å². The Hall–Kier alpha value is -1.85. The van der Waals surface area contributed by atoms with Crippen molar-refractivity contribution in [2.45, 2.75) is 19.6 Å². The predicted molar refractivity (Wildman–Crippen MR) is 85.2 cm³/mol. The molecular formula is C16H16BrNO3. The van der Waals surface area contributed by atoms with Crippen LogP contribution in [0.25, 0.3) is 0 Å². The van der Waals surface area contributed by atoms with Crippen molar-refractivity contribution in [3.63, 3.8) is 0 Å². The van der Waals surface area contributed by atoms with Gasteiger partial charge < -0.3 is 15.2 Å². The van der Waals surface area contributed by atoms with Crippen molar-refractivity contribution in [2.24, 2.45) is 0 Å². The van der Waals surface area contributed by atoms with Crippen molar-refractivity contribution in [2.75, 3.05) is 5.32 Å². The summed E-state index contributed by atoms with van der Waals surface area (Å²) in [5.74, 6) is 0.254. The third kappa shape index (κ3) is 4.31. The van der Waals surface area contributed by atoms with Gasteiger partial charge in [0.25, 0.3) is 5.91 Å². The van der Waals surface area contributed by atoms with Gasteiger partial charge in [0, 0.05) is 15.7 Å². The lowest BCUT2D eigenvalue weighted by Crippen LogP contribution is -2.30. The molecule has 2 aromatic rings. The Morgan fingerprint density at radius 2 is 2.00 bits per heavy atom. The number of amides is 1. The number of nitrogens with one attached hydrogen (secondary N) is 1. The highest BCUT2D eigenvalue weighted by molar-refractivity contribution is 9.10. The van der Waals surface area contributed by atoms with Crippen molar-refractivity contribution in [3.8, 4) is 5.75 Å². The summed E-state index contributed by atoms with van der Waals surface area (Å²) < 4.78 is 6.48. The van der Waals surface area contributed by atoms with Gasteiger partial charge in [-0.1, -0.05) is 34.1 Å². The van der Waals surface area contributed by atoms with E-state index in [2.05, 4.69) is 21.2 Å². The summed E-state index contributed by atoms with van der Waals surface area (Å²) >= 11 is 3.33. The number of halogens is 1. The standard InChI is InChI=1S/C16H16BrNO3/c1-11(16(20)18-14-5-3-2-4-6-14)21-15-8-7-13(17)9-12(15)10-19/h2-9,11,19H,10H2,1H3,(H,18,20). The number of ether oxygens (including phenoxy) is 1. The van der Waals surface area contributed by atoms with Crippen LogP contribution in [0, 0.1) is 0 Å². The summed E-state index contributed by atoms with van der Waals surface area (Å²) in [7, 11) is 0. The lowest BCUT2D eigenvalue weighted by atomic mass is 10.2. The number of carbonyl (C=O) groups is 1. The van der Waals surface area contributed by atoms with Crippen LogP contribution in [0.15, 0.2) is 53.0 Å². The van der Waals surface area contributed by atoms with Crippen LogP contribution in [-0.4, -0.2) is 17.1 Å². The highest BCUT2D eigenvalue weighted by atomic mass is 79.9. The molecule has 4 nitrogen and oxygen atoms in total. The van der Waals surface area contributed by atoms with Gasteiger partial charge in [-0.25, -0.2) is 0 Å². The van der Waals surface area contributed by atoms with E-state index in [9.17, 15) is 9.90 Å². The van der Waals surface area contributed by atoms with Gasteiger partial charge in [-0.15, -0.1) is 0 Å². The minimum absolute atomic E-state index is 0.151. The maximum atomic E-state index is 12.1. The number of rotatable bonds is 5. The lowest BCUT2D eigenvalue weighted by Gasteiger charge is -2.17. The van der Waals surface area contributed by atoms with E-state index in [4.69, 9.17) is 4.74 Å². The predicted octanol–water partition coefficient (Wildman–Crippen LogP) is 3.35. The first-order valence-electron chi connectivity index (χ1n) is 6.52. The second-order valence-electron chi connectivity index (χ2n) is 4.53. The van der Waals surface area contributed by atoms with Crippen LogP contribution in [0.3, 0.4) is 0 Å². The third-order valence-electron chi connectivity index (χ3n) is 2.91. The summed E-state index contributed by atoms with van der Waals surface area (Å²) in [6.45, 7) is 1.52. The molecular weight excluding hydrogens is 334 g/mol.